The van der Waals surface area contributed by atoms with Gasteiger partial charge in [-0.15, -0.1) is 22.7 Å². The van der Waals surface area contributed by atoms with Crippen LogP contribution in [0.5, 0.6) is 0 Å². The van der Waals surface area contributed by atoms with Crippen LogP contribution in [0.3, 0.4) is 0 Å². The van der Waals surface area contributed by atoms with Gasteiger partial charge in [0.2, 0.25) is 0 Å². The Kier molecular flexibility index (Phi) is 5.68. The second-order valence-corrected chi connectivity index (χ2v) is 14.0. The molecule has 0 bridgehead atoms. The molecule has 3 heteroatoms. The molecule has 0 amide bonds. The van der Waals surface area contributed by atoms with Gasteiger partial charge in [0.25, 0.3) is 0 Å². The number of aromatic nitrogens is 1. The van der Waals surface area contributed by atoms with Crippen LogP contribution in [-0.4, -0.2) is 4.98 Å². The summed E-state index contributed by atoms with van der Waals surface area (Å²) < 4.78 is 5.31. The number of hydrogen-bond donors (Lipinski definition) is 0. The fraction of sp³-hybridized carbons (Fsp3) is 0. The van der Waals surface area contributed by atoms with Crippen LogP contribution < -0.4 is 0 Å². The molecular weight excluding hydrogens is 595 g/mol. The lowest BCUT2D eigenvalue weighted by Crippen LogP contribution is -1.91. The summed E-state index contributed by atoms with van der Waals surface area (Å²) in [7, 11) is 0. The molecule has 3 aromatic heterocycles. The molecule has 0 radical (unpaired) electrons. The van der Waals surface area contributed by atoms with Crippen LogP contribution in [0.15, 0.2) is 152 Å². The zero-order valence-electron chi connectivity index (χ0n) is 24.7. The zero-order valence-corrected chi connectivity index (χ0v) is 26.3. The molecule has 10 aromatic rings. The SMILES string of the molecule is c1ccc(-c2nc3ccc(-c4ccc(-c5cccc6c5sc5ccccc56)cc4)cc3c3c2ccc2sc4ccccc4c23)cc1. The largest absolute Gasteiger partial charge is 0.247 e. The number of rotatable bonds is 3. The summed E-state index contributed by atoms with van der Waals surface area (Å²) in [6.07, 6.45) is 0. The summed E-state index contributed by atoms with van der Waals surface area (Å²) >= 11 is 3.75. The smallest absolute Gasteiger partial charge is 0.0788 e. The summed E-state index contributed by atoms with van der Waals surface area (Å²) in [6, 6.07) is 55.2. The number of thiophene rings is 2. The molecule has 46 heavy (non-hydrogen) atoms. The van der Waals surface area contributed by atoms with Crippen LogP contribution >= 0.6 is 22.7 Å². The molecule has 0 fully saturated rings. The summed E-state index contributed by atoms with van der Waals surface area (Å²) in [5.41, 5.74) is 8.13. The molecule has 0 atom stereocenters. The average molecular weight is 620 g/mol. The average Bonchev–Trinajstić information content (AvgIpc) is 3.70. The van der Waals surface area contributed by atoms with Gasteiger partial charge in [-0.3, -0.25) is 0 Å². The van der Waals surface area contributed by atoms with Crippen molar-refractivity contribution in [2.45, 2.75) is 0 Å². The van der Waals surface area contributed by atoms with Crippen molar-refractivity contribution in [1.82, 2.24) is 4.98 Å². The molecule has 0 N–H and O–H groups in total. The topological polar surface area (TPSA) is 12.9 Å². The molecule has 0 aliphatic rings. The predicted octanol–water partition coefficient (Wildman–Crippen LogP) is 13.1. The van der Waals surface area contributed by atoms with E-state index in [9.17, 15) is 0 Å². The first-order valence-electron chi connectivity index (χ1n) is 15.5. The molecule has 0 unspecified atom stereocenters. The van der Waals surface area contributed by atoms with E-state index < -0.39 is 0 Å². The second-order valence-electron chi connectivity index (χ2n) is 11.9. The first kappa shape index (κ1) is 25.9. The lowest BCUT2D eigenvalue weighted by atomic mass is 9.94. The van der Waals surface area contributed by atoms with Gasteiger partial charge in [0.15, 0.2) is 0 Å². The van der Waals surface area contributed by atoms with E-state index in [0.29, 0.717) is 0 Å². The quantitative estimate of drug-likeness (QED) is 0.179. The van der Waals surface area contributed by atoms with Crippen molar-refractivity contribution in [3.05, 3.63) is 152 Å². The van der Waals surface area contributed by atoms with Crippen molar-refractivity contribution in [2.24, 2.45) is 0 Å². The van der Waals surface area contributed by atoms with Gasteiger partial charge in [-0.05, 0) is 52.6 Å². The highest BCUT2D eigenvalue weighted by molar-refractivity contribution is 7.26. The van der Waals surface area contributed by atoms with Gasteiger partial charge in [0.1, 0.15) is 0 Å². The second kappa shape index (κ2) is 10.1. The third-order valence-electron chi connectivity index (χ3n) is 9.28. The van der Waals surface area contributed by atoms with Crippen molar-refractivity contribution >= 4 is 84.7 Å². The van der Waals surface area contributed by atoms with E-state index >= 15 is 0 Å². The highest BCUT2D eigenvalue weighted by Gasteiger charge is 2.17. The van der Waals surface area contributed by atoms with E-state index in [2.05, 4.69) is 152 Å². The summed E-state index contributed by atoms with van der Waals surface area (Å²) in [6.45, 7) is 0. The third kappa shape index (κ3) is 3.89. The Balaban J connectivity index is 1.18. The Hall–Kier alpha value is -5.35. The van der Waals surface area contributed by atoms with Crippen molar-refractivity contribution in [2.75, 3.05) is 0 Å². The number of fused-ring (bicyclic) bond motifs is 10. The van der Waals surface area contributed by atoms with Gasteiger partial charge in [0.05, 0.1) is 11.2 Å². The maximum Gasteiger partial charge on any atom is 0.0788 e. The van der Waals surface area contributed by atoms with Gasteiger partial charge in [-0.2, -0.15) is 0 Å². The molecule has 1 nitrogen and oxygen atoms in total. The molecule has 3 heterocycles. The van der Waals surface area contributed by atoms with E-state index in [-0.39, 0.29) is 0 Å². The summed E-state index contributed by atoms with van der Waals surface area (Å²) in [4.78, 5) is 5.28. The van der Waals surface area contributed by atoms with E-state index in [1.54, 1.807) is 0 Å². The van der Waals surface area contributed by atoms with Crippen molar-refractivity contribution < 1.29 is 0 Å². The lowest BCUT2D eigenvalue weighted by Gasteiger charge is -2.13. The Morgan fingerprint density at radius 2 is 1.07 bits per heavy atom. The van der Waals surface area contributed by atoms with Gasteiger partial charge in [0, 0.05) is 62.1 Å². The number of benzene rings is 7. The normalized spacial score (nSPS) is 11.9. The minimum absolute atomic E-state index is 1.02. The Labute approximate surface area is 273 Å². The van der Waals surface area contributed by atoms with Gasteiger partial charge in [-0.1, -0.05) is 121 Å². The summed E-state index contributed by atoms with van der Waals surface area (Å²) in [5, 5.41) is 8.98. The van der Waals surface area contributed by atoms with E-state index in [1.165, 1.54) is 78.8 Å². The Bertz CT molecular complexity index is 2790. The molecule has 0 aliphatic carbocycles. The maximum absolute atomic E-state index is 5.28. The minimum atomic E-state index is 1.02. The monoisotopic (exact) mass is 619 g/mol. The van der Waals surface area contributed by atoms with E-state index in [0.717, 1.165) is 16.8 Å². The van der Waals surface area contributed by atoms with E-state index in [1.807, 2.05) is 22.7 Å². The maximum atomic E-state index is 5.28. The van der Waals surface area contributed by atoms with Gasteiger partial charge in [-0.25, -0.2) is 4.98 Å². The van der Waals surface area contributed by atoms with Crippen molar-refractivity contribution in [3.63, 3.8) is 0 Å². The summed E-state index contributed by atoms with van der Waals surface area (Å²) in [5.74, 6) is 0. The highest BCUT2D eigenvalue weighted by Crippen LogP contribution is 2.44. The van der Waals surface area contributed by atoms with Crippen LogP contribution in [-0.2, 0) is 0 Å². The molecule has 0 spiro atoms. The first-order valence-corrected chi connectivity index (χ1v) is 17.2. The van der Waals surface area contributed by atoms with Gasteiger partial charge >= 0.3 is 0 Å². The van der Waals surface area contributed by atoms with Crippen LogP contribution in [0.2, 0.25) is 0 Å². The standard InChI is InChI=1S/C43H25NS2/c1-2-9-28(10-3-1)42-34-22-24-39-41(33-12-5-7-16-38(33)45-39)40(34)35-25-29(21-23-36(35)44-42)26-17-19-27(20-18-26)30-13-8-14-32-31-11-4-6-15-37(31)46-43(30)32/h1-25H. The van der Waals surface area contributed by atoms with Crippen LogP contribution in [0.1, 0.15) is 0 Å². The Morgan fingerprint density at radius 3 is 1.91 bits per heavy atom. The van der Waals surface area contributed by atoms with E-state index in [4.69, 9.17) is 4.98 Å². The molecule has 0 saturated heterocycles. The van der Waals surface area contributed by atoms with Crippen LogP contribution in [0.25, 0.3) is 95.5 Å². The predicted molar refractivity (Wildman–Crippen MR) is 201 cm³/mol. The third-order valence-corrected chi connectivity index (χ3v) is 11.6. The fourth-order valence-corrected chi connectivity index (χ4v) is 9.47. The zero-order chi connectivity index (χ0) is 30.2. The van der Waals surface area contributed by atoms with Crippen LogP contribution in [0, 0.1) is 0 Å². The molecule has 214 valence electrons. The number of nitrogens with zero attached hydrogens (tertiary/aromatic N) is 1. The molecule has 0 aliphatic heterocycles. The Morgan fingerprint density at radius 1 is 0.370 bits per heavy atom. The number of pyridine rings is 1. The van der Waals surface area contributed by atoms with Crippen LogP contribution in [0.4, 0.5) is 0 Å². The molecule has 10 rings (SSSR count). The molecular formula is C43H25NS2. The highest BCUT2D eigenvalue weighted by atomic mass is 32.1. The van der Waals surface area contributed by atoms with Crippen molar-refractivity contribution in [3.8, 4) is 33.5 Å². The molecule has 0 saturated carbocycles. The van der Waals surface area contributed by atoms with Gasteiger partial charge < -0.3 is 0 Å². The first-order chi connectivity index (χ1) is 22.8. The fourth-order valence-electron chi connectivity index (χ4n) is 7.12. The van der Waals surface area contributed by atoms with Crippen molar-refractivity contribution in [1.29, 1.82) is 0 Å². The number of hydrogen-bond acceptors (Lipinski definition) is 3. The minimum Gasteiger partial charge on any atom is -0.247 e. The lowest BCUT2D eigenvalue weighted by molar-refractivity contribution is 1.43. The molecule has 7 aromatic carbocycles.